The second-order valence-electron chi connectivity index (χ2n) is 4.47. The van der Waals surface area contributed by atoms with Gasteiger partial charge in [0.1, 0.15) is 6.07 Å². The minimum absolute atomic E-state index is 0.0842. The standard InChI is InChI=1S/C15H12ClN3O2/c1-10-12(3-2-4-15(10)19(20)21)9-18-14-7-13(16)6-5-11(14)8-17/h2-7,18H,9H2,1H3. The lowest BCUT2D eigenvalue weighted by Gasteiger charge is -2.11. The van der Waals surface area contributed by atoms with Crippen LogP contribution in [0, 0.1) is 28.4 Å². The predicted molar refractivity (Wildman–Crippen MR) is 81.3 cm³/mol. The quantitative estimate of drug-likeness (QED) is 0.682. The lowest BCUT2D eigenvalue weighted by Crippen LogP contribution is -2.04. The topological polar surface area (TPSA) is 79.0 Å². The summed E-state index contributed by atoms with van der Waals surface area (Å²) in [7, 11) is 0. The summed E-state index contributed by atoms with van der Waals surface area (Å²) in [6, 6.07) is 11.9. The van der Waals surface area contributed by atoms with Crippen LogP contribution in [-0.4, -0.2) is 4.92 Å². The highest BCUT2D eigenvalue weighted by atomic mass is 35.5. The number of nitrogens with one attached hydrogen (secondary N) is 1. The van der Waals surface area contributed by atoms with E-state index in [0.717, 1.165) is 5.56 Å². The summed E-state index contributed by atoms with van der Waals surface area (Å²) in [4.78, 5) is 10.5. The molecule has 0 aliphatic carbocycles. The Kier molecular flexibility index (Phi) is 4.41. The number of anilines is 1. The van der Waals surface area contributed by atoms with Crippen LogP contribution in [0.15, 0.2) is 36.4 Å². The van der Waals surface area contributed by atoms with Gasteiger partial charge >= 0.3 is 0 Å². The van der Waals surface area contributed by atoms with Gasteiger partial charge in [-0.15, -0.1) is 0 Å². The second-order valence-corrected chi connectivity index (χ2v) is 4.91. The molecule has 106 valence electrons. The highest BCUT2D eigenvalue weighted by molar-refractivity contribution is 6.30. The molecule has 21 heavy (non-hydrogen) atoms. The maximum Gasteiger partial charge on any atom is 0.272 e. The first kappa shape index (κ1) is 14.8. The van der Waals surface area contributed by atoms with E-state index in [0.29, 0.717) is 28.4 Å². The summed E-state index contributed by atoms with van der Waals surface area (Å²) < 4.78 is 0. The van der Waals surface area contributed by atoms with Crippen molar-refractivity contribution >= 4 is 23.0 Å². The van der Waals surface area contributed by atoms with Gasteiger partial charge in [-0.25, -0.2) is 0 Å². The molecule has 0 saturated heterocycles. The van der Waals surface area contributed by atoms with Crippen LogP contribution in [0.5, 0.6) is 0 Å². The van der Waals surface area contributed by atoms with E-state index in [9.17, 15) is 10.1 Å². The highest BCUT2D eigenvalue weighted by Crippen LogP contribution is 2.24. The number of halogens is 1. The predicted octanol–water partition coefficient (Wildman–Crippen LogP) is 4.04. The fourth-order valence-corrected chi connectivity index (χ4v) is 2.18. The van der Waals surface area contributed by atoms with Crippen molar-refractivity contribution in [2.75, 3.05) is 5.32 Å². The van der Waals surface area contributed by atoms with E-state index in [-0.39, 0.29) is 5.69 Å². The lowest BCUT2D eigenvalue weighted by atomic mass is 10.1. The van der Waals surface area contributed by atoms with Gasteiger partial charge in [-0.05, 0) is 30.7 Å². The summed E-state index contributed by atoms with van der Waals surface area (Å²) in [5.41, 5.74) is 2.57. The number of hydrogen-bond acceptors (Lipinski definition) is 4. The van der Waals surface area contributed by atoms with Crippen molar-refractivity contribution in [2.45, 2.75) is 13.5 Å². The van der Waals surface area contributed by atoms with E-state index in [1.807, 2.05) is 6.07 Å². The third-order valence-electron chi connectivity index (χ3n) is 3.19. The minimum Gasteiger partial charge on any atom is -0.380 e. The zero-order chi connectivity index (χ0) is 15.4. The zero-order valence-corrected chi connectivity index (χ0v) is 12.0. The minimum atomic E-state index is -0.404. The summed E-state index contributed by atoms with van der Waals surface area (Å²) >= 11 is 5.91. The van der Waals surface area contributed by atoms with Gasteiger partial charge in [-0.2, -0.15) is 5.26 Å². The van der Waals surface area contributed by atoms with Crippen molar-refractivity contribution in [3.05, 3.63) is 68.2 Å². The molecule has 2 rings (SSSR count). The van der Waals surface area contributed by atoms with Crippen LogP contribution in [0.4, 0.5) is 11.4 Å². The molecule has 0 aliphatic heterocycles. The second kappa shape index (κ2) is 6.25. The average molecular weight is 302 g/mol. The Morgan fingerprint density at radius 3 is 2.81 bits per heavy atom. The van der Waals surface area contributed by atoms with Gasteiger partial charge in [0, 0.05) is 23.2 Å². The molecule has 0 unspecified atom stereocenters. The summed E-state index contributed by atoms with van der Waals surface area (Å²) in [5.74, 6) is 0. The molecule has 0 atom stereocenters. The lowest BCUT2D eigenvalue weighted by molar-refractivity contribution is -0.385. The number of hydrogen-bond donors (Lipinski definition) is 1. The molecule has 0 aliphatic rings. The number of rotatable bonds is 4. The molecular formula is C15H12ClN3O2. The van der Waals surface area contributed by atoms with E-state index in [4.69, 9.17) is 16.9 Å². The van der Waals surface area contributed by atoms with Crippen molar-refractivity contribution in [1.82, 2.24) is 0 Å². The Balaban J connectivity index is 2.25. The monoisotopic (exact) mass is 301 g/mol. The van der Waals surface area contributed by atoms with Gasteiger partial charge in [0.2, 0.25) is 0 Å². The Bertz CT molecular complexity index is 738. The normalized spacial score (nSPS) is 9.95. The van der Waals surface area contributed by atoms with Crippen molar-refractivity contribution in [1.29, 1.82) is 5.26 Å². The first-order valence-electron chi connectivity index (χ1n) is 6.19. The van der Waals surface area contributed by atoms with Crippen molar-refractivity contribution in [3.63, 3.8) is 0 Å². The van der Waals surface area contributed by atoms with Crippen molar-refractivity contribution < 1.29 is 4.92 Å². The third kappa shape index (κ3) is 3.30. The SMILES string of the molecule is Cc1c(CNc2cc(Cl)ccc2C#N)cccc1[N+](=O)[O-]. The third-order valence-corrected chi connectivity index (χ3v) is 3.42. The van der Waals surface area contributed by atoms with Gasteiger partial charge in [-0.1, -0.05) is 23.7 Å². The van der Waals surface area contributed by atoms with Crippen LogP contribution in [-0.2, 0) is 6.54 Å². The molecule has 6 heteroatoms. The van der Waals surface area contributed by atoms with Gasteiger partial charge in [-0.3, -0.25) is 10.1 Å². The van der Waals surface area contributed by atoms with Gasteiger partial charge in [0.25, 0.3) is 5.69 Å². The fourth-order valence-electron chi connectivity index (χ4n) is 2.01. The van der Waals surface area contributed by atoms with E-state index in [2.05, 4.69) is 11.4 Å². The number of nitriles is 1. The molecule has 0 bridgehead atoms. The smallest absolute Gasteiger partial charge is 0.272 e. The summed E-state index contributed by atoms with van der Waals surface area (Å²) in [6.07, 6.45) is 0. The number of nitro benzene ring substituents is 1. The molecule has 0 fully saturated rings. The Hall–Kier alpha value is -2.58. The van der Waals surface area contributed by atoms with E-state index < -0.39 is 4.92 Å². The summed E-state index contributed by atoms with van der Waals surface area (Å²) in [5, 5.41) is 23.6. The van der Waals surface area contributed by atoms with Crippen LogP contribution in [0.25, 0.3) is 0 Å². The molecule has 0 heterocycles. The molecule has 5 nitrogen and oxygen atoms in total. The Labute approximate surface area is 126 Å². The van der Waals surface area contributed by atoms with Gasteiger partial charge in [0.15, 0.2) is 0 Å². The number of nitrogens with zero attached hydrogens (tertiary/aromatic N) is 2. The largest absolute Gasteiger partial charge is 0.380 e. The van der Waals surface area contributed by atoms with E-state index in [1.165, 1.54) is 6.07 Å². The number of nitro groups is 1. The van der Waals surface area contributed by atoms with E-state index >= 15 is 0 Å². The maximum absolute atomic E-state index is 10.9. The number of benzene rings is 2. The molecule has 0 aromatic heterocycles. The molecule has 0 radical (unpaired) electrons. The molecule has 0 saturated carbocycles. The molecule has 1 N–H and O–H groups in total. The Morgan fingerprint density at radius 1 is 1.38 bits per heavy atom. The highest BCUT2D eigenvalue weighted by Gasteiger charge is 2.13. The van der Waals surface area contributed by atoms with Gasteiger partial charge in [0.05, 0.1) is 16.2 Å². The van der Waals surface area contributed by atoms with E-state index in [1.54, 1.807) is 31.2 Å². The van der Waals surface area contributed by atoms with Crippen LogP contribution in [0.1, 0.15) is 16.7 Å². The average Bonchev–Trinajstić information content (AvgIpc) is 2.46. The van der Waals surface area contributed by atoms with Crippen LogP contribution < -0.4 is 5.32 Å². The van der Waals surface area contributed by atoms with Crippen molar-refractivity contribution in [2.24, 2.45) is 0 Å². The summed E-state index contributed by atoms with van der Waals surface area (Å²) in [6.45, 7) is 2.08. The van der Waals surface area contributed by atoms with Crippen LogP contribution in [0.3, 0.4) is 0 Å². The molecule has 2 aromatic rings. The molecular weight excluding hydrogens is 290 g/mol. The molecule has 2 aromatic carbocycles. The maximum atomic E-state index is 10.9. The Morgan fingerprint density at radius 2 is 2.14 bits per heavy atom. The first-order valence-corrected chi connectivity index (χ1v) is 6.57. The fraction of sp³-hybridized carbons (Fsp3) is 0.133. The molecule has 0 amide bonds. The first-order chi connectivity index (χ1) is 10.0. The molecule has 0 spiro atoms. The van der Waals surface area contributed by atoms with Crippen LogP contribution in [0.2, 0.25) is 5.02 Å². The van der Waals surface area contributed by atoms with Crippen LogP contribution >= 0.6 is 11.6 Å². The zero-order valence-electron chi connectivity index (χ0n) is 11.3. The van der Waals surface area contributed by atoms with Crippen molar-refractivity contribution in [3.8, 4) is 6.07 Å². The van der Waals surface area contributed by atoms with Gasteiger partial charge < -0.3 is 5.32 Å².